The topological polar surface area (TPSA) is 84.8 Å². The summed E-state index contributed by atoms with van der Waals surface area (Å²) in [7, 11) is -3.88. The molecule has 2 aromatic rings. The maximum absolute atomic E-state index is 12.1. The van der Waals surface area contributed by atoms with Gasteiger partial charge in [0, 0.05) is 6.20 Å². The van der Waals surface area contributed by atoms with E-state index in [1.54, 1.807) is 0 Å². The molecule has 0 aliphatic carbocycles. The predicted molar refractivity (Wildman–Crippen MR) is 72.1 cm³/mol. The van der Waals surface area contributed by atoms with Crippen LogP contribution in [-0.2, 0) is 10.0 Å². The van der Waals surface area contributed by atoms with Gasteiger partial charge in [-0.1, -0.05) is 34.8 Å². The van der Waals surface area contributed by atoms with Crippen LogP contribution in [0.1, 0.15) is 0 Å². The third-order valence-corrected chi connectivity index (χ3v) is 4.27. The molecule has 0 unspecified atom stereocenters. The normalized spacial score (nSPS) is 11.3. The fourth-order valence-corrected chi connectivity index (χ4v) is 2.76. The number of rotatable bonds is 3. The molecule has 6 nitrogen and oxygen atoms in total. The second-order valence-electron chi connectivity index (χ2n) is 3.25. The van der Waals surface area contributed by atoms with Crippen molar-refractivity contribution in [2.24, 2.45) is 0 Å². The summed E-state index contributed by atoms with van der Waals surface area (Å²) in [4.78, 5) is 10.9. The number of anilines is 1. The Morgan fingerprint density at radius 2 is 1.84 bits per heavy atom. The number of pyridine rings is 1. The van der Waals surface area contributed by atoms with Crippen molar-refractivity contribution in [1.82, 2.24) is 15.0 Å². The van der Waals surface area contributed by atoms with Crippen LogP contribution in [0.5, 0.6) is 0 Å². The maximum atomic E-state index is 12.1. The van der Waals surface area contributed by atoms with E-state index in [1.807, 2.05) is 0 Å². The summed E-state index contributed by atoms with van der Waals surface area (Å²) in [5.74, 6) is -0.116. The Balaban J connectivity index is 2.39. The van der Waals surface area contributed by atoms with Crippen LogP contribution in [0.2, 0.25) is 15.3 Å². The lowest BCUT2D eigenvalue weighted by Crippen LogP contribution is -2.14. The molecule has 2 heterocycles. The van der Waals surface area contributed by atoms with Gasteiger partial charge in [0.25, 0.3) is 10.0 Å². The van der Waals surface area contributed by atoms with Crippen molar-refractivity contribution in [3.05, 3.63) is 40.0 Å². The van der Waals surface area contributed by atoms with E-state index in [1.165, 1.54) is 18.3 Å². The van der Waals surface area contributed by atoms with Gasteiger partial charge >= 0.3 is 0 Å². The fraction of sp³-hybridized carbons (Fsp3) is 0. The molecule has 0 amide bonds. The summed E-state index contributed by atoms with van der Waals surface area (Å²) in [6.45, 7) is 0. The molecule has 0 aliphatic rings. The molecule has 0 aromatic carbocycles. The second kappa shape index (κ2) is 5.46. The van der Waals surface area contributed by atoms with Crippen molar-refractivity contribution in [1.29, 1.82) is 0 Å². The van der Waals surface area contributed by atoms with E-state index in [9.17, 15) is 8.42 Å². The Hall–Kier alpha value is -1.15. The van der Waals surface area contributed by atoms with Gasteiger partial charge in [0.05, 0.1) is 4.90 Å². The molecule has 0 atom stereocenters. The van der Waals surface area contributed by atoms with Crippen LogP contribution in [0.15, 0.2) is 29.6 Å². The molecule has 0 saturated carbocycles. The summed E-state index contributed by atoms with van der Waals surface area (Å²) in [5.41, 5.74) is 0. The first-order valence-corrected chi connectivity index (χ1v) is 7.32. The Morgan fingerprint density at radius 3 is 2.53 bits per heavy atom. The number of nitrogens with one attached hydrogen (secondary N) is 1. The van der Waals surface area contributed by atoms with Gasteiger partial charge in [0.15, 0.2) is 11.0 Å². The van der Waals surface area contributed by atoms with Gasteiger partial charge in [-0.05, 0) is 12.1 Å². The molecular formula is C9H5Cl3N4O2S. The number of hydrogen-bond donors (Lipinski definition) is 1. The monoisotopic (exact) mass is 338 g/mol. The van der Waals surface area contributed by atoms with Crippen LogP contribution < -0.4 is 4.72 Å². The minimum absolute atomic E-state index is 0.0506. The highest BCUT2D eigenvalue weighted by Crippen LogP contribution is 2.27. The van der Waals surface area contributed by atoms with Crippen molar-refractivity contribution >= 4 is 50.6 Å². The Morgan fingerprint density at radius 1 is 1.11 bits per heavy atom. The Kier molecular flexibility index (Phi) is 4.10. The number of nitrogens with zero attached hydrogens (tertiary/aromatic N) is 3. The first-order valence-electron chi connectivity index (χ1n) is 4.70. The van der Waals surface area contributed by atoms with Gasteiger partial charge in [-0.3, -0.25) is 4.72 Å². The average Bonchev–Trinajstić information content (AvgIpc) is 2.35. The summed E-state index contributed by atoms with van der Waals surface area (Å²) < 4.78 is 26.3. The Bertz CT molecular complexity index is 723. The minimum atomic E-state index is -3.88. The van der Waals surface area contributed by atoms with E-state index in [0.717, 1.165) is 6.33 Å². The van der Waals surface area contributed by atoms with Crippen molar-refractivity contribution in [3.63, 3.8) is 0 Å². The molecule has 2 rings (SSSR count). The first-order chi connectivity index (χ1) is 8.90. The molecule has 2 aromatic heterocycles. The van der Waals surface area contributed by atoms with Crippen LogP contribution in [0.3, 0.4) is 0 Å². The zero-order valence-corrected chi connectivity index (χ0v) is 12.1. The second-order valence-corrected chi connectivity index (χ2v) is 6.05. The number of sulfonamides is 1. The van der Waals surface area contributed by atoms with E-state index < -0.39 is 10.0 Å². The largest absolute Gasteiger partial charge is 0.263 e. The van der Waals surface area contributed by atoms with Gasteiger partial charge in [0.2, 0.25) is 0 Å². The van der Waals surface area contributed by atoms with Gasteiger partial charge in [-0.15, -0.1) is 0 Å². The van der Waals surface area contributed by atoms with E-state index in [2.05, 4.69) is 19.7 Å². The minimum Gasteiger partial charge on any atom is -0.262 e. The van der Waals surface area contributed by atoms with Gasteiger partial charge in [-0.2, -0.15) is 0 Å². The SMILES string of the molecule is O=S(=O)(Nc1ncnc(Cl)c1Cl)c1ccnc(Cl)c1. The highest BCUT2D eigenvalue weighted by Gasteiger charge is 2.18. The summed E-state index contributed by atoms with van der Waals surface area (Å²) in [6.07, 6.45) is 2.36. The van der Waals surface area contributed by atoms with Crippen molar-refractivity contribution in [3.8, 4) is 0 Å². The van der Waals surface area contributed by atoms with Crippen molar-refractivity contribution in [2.45, 2.75) is 4.90 Å². The van der Waals surface area contributed by atoms with E-state index >= 15 is 0 Å². The Labute approximate surface area is 123 Å². The van der Waals surface area contributed by atoms with E-state index in [-0.39, 0.29) is 26.0 Å². The number of halogens is 3. The van der Waals surface area contributed by atoms with Crippen LogP contribution in [-0.4, -0.2) is 23.4 Å². The lowest BCUT2D eigenvalue weighted by molar-refractivity contribution is 0.601. The molecule has 0 aliphatic heterocycles. The van der Waals surface area contributed by atoms with Gasteiger partial charge < -0.3 is 0 Å². The summed E-state index contributed by atoms with van der Waals surface area (Å²) in [5, 5.41) is -0.0929. The molecule has 0 radical (unpaired) electrons. The number of hydrogen-bond acceptors (Lipinski definition) is 5. The molecular weight excluding hydrogens is 335 g/mol. The quantitative estimate of drug-likeness (QED) is 0.686. The first kappa shape index (κ1) is 14.3. The third kappa shape index (κ3) is 3.24. The van der Waals surface area contributed by atoms with Crippen molar-refractivity contribution in [2.75, 3.05) is 4.72 Å². The van der Waals surface area contributed by atoms with E-state index in [4.69, 9.17) is 34.8 Å². The fourth-order valence-electron chi connectivity index (χ4n) is 1.16. The lowest BCUT2D eigenvalue weighted by atomic mass is 10.5. The smallest absolute Gasteiger partial charge is 0.262 e. The average molecular weight is 340 g/mol. The highest BCUT2D eigenvalue weighted by atomic mass is 35.5. The van der Waals surface area contributed by atoms with Crippen molar-refractivity contribution < 1.29 is 8.42 Å². The molecule has 0 fully saturated rings. The van der Waals surface area contributed by atoms with Crippen LogP contribution in [0, 0.1) is 0 Å². The molecule has 0 spiro atoms. The zero-order valence-electron chi connectivity index (χ0n) is 9.01. The van der Waals surface area contributed by atoms with Gasteiger partial charge in [0.1, 0.15) is 16.5 Å². The molecule has 0 saturated heterocycles. The van der Waals surface area contributed by atoms with Crippen LogP contribution in [0.4, 0.5) is 5.82 Å². The summed E-state index contributed by atoms with van der Waals surface area (Å²) >= 11 is 17.1. The van der Waals surface area contributed by atoms with E-state index in [0.29, 0.717) is 0 Å². The summed E-state index contributed by atoms with van der Waals surface area (Å²) in [6, 6.07) is 2.48. The third-order valence-electron chi connectivity index (χ3n) is 1.99. The predicted octanol–water partition coefficient (Wildman–Crippen LogP) is 2.63. The molecule has 1 N–H and O–H groups in total. The van der Waals surface area contributed by atoms with Gasteiger partial charge in [-0.25, -0.2) is 23.4 Å². The molecule has 0 bridgehead atoms. The highest BCUT2D eigenvalue weighted by molar-refractivity contribution is 7.92. The zero-order chi connectivity index (χ0) is 14.0. The maximum Gasteiger partial charge on any atom is 0.263 e. The molecule has 10 heteroatoms. The molecule has 19 heavy (non-hydrogen) atoms. The van der Waals surface area contributed by atoms with Crippen LogP contribution >= 0.6 is 34.8 Å². The standard InChI is InChI=1S/C9H5Cl3N4O2S/c10-6-3-5(1-2-13-6)19(17,18)16-9-7(11)8(12)14-4-15-9/h1-4H,(H,14,15,16). The number of aromatic nitrogens is 3. The molecule has 100 valence electrons. The lowest BCUT2D eigenvalue weighted by Gasteiger charge is -2.08. The van der Waals surface area contributed by atoms with Crippen LogP contribution in [0.25, 0.3) is 0 Å².